The molecule has 1 N–H and O–H groups in total. The zero-order valence-corrected chi connectivity index (χ0v) is 24.4. The van der Waals surface area contributed by atoms with Crippen LogP contribution in [0.25, 0.3) is 11.1 Å². The van der Waals surface area contributed by atoms with Gasteiger partial charge in [0.1, 0.15) is 49.7 Å². The fourth-order valence-corrected chi connectivity index (χ4v) is 5.03. The van der Waals surface area contributed by atoms with E-state index in [-0.39, 0.29) is 13.2 Å². The van der Waals surface area contributed by atoms with E-state index in [9.17, 15) is 10.4 Å². The molecule has 8 nitrogen and oxygen atoms in total. The van der Waals surface area contributed by atoms with Gasteiger partial charge in [0, 0.05) is 30.9 Å². The molecule has 0 radical (unpaired) electrons. The summed E-state index contributed by atoms with van der Waals surface area (Å²) in [6, 6.07) is 21.3. The van der Waals surface area contributed by atoms with Crippen LogP contribution in [0.5, 0.6) is 23.0 Å². The van der Waals surface area contributed by atoms with Crippen molar-refractivity contribution < 1.29 is 24.1 Å². The predicted molar refractivity (Wildman–Crippen MR) is 160 cm³/mol. The first-order valence-electron chi connectivity index (χ1n) is 13.7. The molecule has 0 unspecified atom stereocenters. The number of fused-ring (bicyclic) bond motifs is 1. The molecule has 2 heterocycles. The fourth-order valence-electron chi connectivity index (χ4n) is 4.79. The average molecular weight is 585 g/mol. The Balaban J connectivity index is 1.37. The third kappa shape index (κ3) is 6.94. The molecule has 0 aliphatic carbocycles. The monoisotopic (exact) mass is 584 g/mol. The number of aliphatic hydroxyl groups is 1. The topological polar surface area (TPSA) is 97.1 Å². The number of halogens is 1. The fraction of sp³-hybridized carbons (Fsp3) is 0.273. The summed E-state index contributed by atoms with van der Waals surface area (Å²) in [4.78, 5) is 6.00. The molecule has 1 aliphatic rings. The zero-order valence-electron chi connectivity index (χ0n) is 23.6. The number of rotatable bonds is 11. The molecule has 0 fully saturated rings. The lowest BCUT2D eigenvalue weighted by molar-refractivity contribution is 0.171. The second-order valence-electron chi connectivity index (χ2n) is 10.0. The first kappa shape index (κ1) is 29.2. The number of benzene rings is 3. The summed E-state index contributed by atoms with van der Waals surface area (Å²) in [5.74, 6) is 2.61. The molecule has 4 aromatic rings. The molecule has 0 atom stereocenters. The largest absolute Gasteiger partial charge is 0.488 e. The Labute approximate surface area is 250 Å². The van der Waals surface area contributed by atoms with E-state index in [1.165, 1.54) is 0 Å². The Kier molecular flexibility index (Phi) is 9.45. The molecule has 0 bridgehead atoms. The van der Waals surface area contributed by atoms with Crippen LogP contribution >= 0.6 is 11.6 Å². The van der Waals surface area contributed by atoms with Gasteiger partial charge in [0.05, 0.1) is 11.6 Å². The van der Waals surface area contributed by atoms with Gasteiger partial charge in [-0.1, -0.05) is 35.9 Å². The molecule has 0 spiro atoms. The normalized spacial score (nSPS) is 12.2. The first-order chi connectivity index (χ1) is 20.4. The highest BCUT2D eigenvalue weighted by Crippen LogP contribution is 2.37. The molecular weight excluding hydrogens is 553 g/mol. The smallest absolute Gasteiger partial charge is 0.161 e. The van der Waals surface area contributed by atoms with Crippen molar-refractivity contribution in [3.8, 4) is 40.2 Å². The molecule has 9 heteroatoms. The van der Waals surface area contributed by atoms with Crippen LogP contribution < -0.4 is 18.9 Å². The van der Waals surface area contributed by atoms with Crippen LogP contribution in [-0.2, 0) is 19.8 Å². The SMILES string of the molecule is Cc1c(COc2cc(OCc3ccnc(C#N)c3)c(CN([11CH3])CCO)cc2Cl)cccc1-c1ccc2c(c1)OCCO2. The Hall–Kier alpha value is -4.29. The lowest BCUT2D eigenvalue weighted by Gasteiger charge is -2.21. The lowest BCUT2D eigenvalue weighted by atomic mass is 9.96. The summed E-state index contributed by atoms with van der Waals surface area (Å²) in [5.41, 5.74) is 6.24. The van der Waals surface area contributed by atoms with Gasteiger partial charge >= 0.3 is 0 Å². The third-order valence-corrected chi connectivity index (χ3v) is 7.35. The highest BCUT2D eigenvalue weighted by atomic mass is 35.5. The molecule has 1 aliphatic heterocycles. The highest BCUT2D eigenvalue weighted by Gasteiger charge is 2.17. The minimum Gasteiger partial charge on any atom is -0.488 e. The average Bonchev–Trinajstić information content (AvgIpc) is 3.00. The van der Waals surface area contributed by atoms with Crippen LogP contribution in [0.1, 0.15) is 27.9 Å². The third-order valence-electron chi connectivity index (χ3n) is 7.05. The van der Waals surface area contributed by atoms with Crippen LogP contribution in [0.15, 0.2) is 66.9 Å². The number of likely N-dealkylation sites (N-methyl/N-ethyl adjacent to an activating group) is 1. The van der Waals surface area contributed by atoms with E-state index < -0.39 is 0 Å². The van der Waals surface area contributed by atoms with Crippen molar-refractivity contribution in [3.63, 3.8) is 0 Å². The van der Waals surface area contributed by atoms with E-state index >= 15 is 0 Å². The second-order valence-corrected chi connectivity index (χ2v) is 10.4. The van der Waals surface area contributed by atoms with E-state index in [1.807, 2.05) is 54.4 Å². The number of hydrogen-bond donors (Lipinski definition) is 1. The summed E-state index contributed by atoms with van der Waals surface area (Å²) >= 11 is 6.70. The quantitative estimate of drug-likeness (QED) is 0.231. The van der Waals surface area contributed by atoms with E-state index in [1.54, 1.807) is 18.3 Å². The maximum atomic E-state index is 9.37. The van der Waals surface area contributed by atoms with Crippen LogP contribution in [0.4, 0.5) is 0 Å². The number of aliphatic hydroxyl groups excluding tert-OH is 1. The Bertz CT molecular complexity index is 1600. The minimum absolute atomic E-state index is 0.0419. The number of ether oxygens (including phenoxy) is 4. The van der Waals surface area contributed by atoms with Gasteiger partial charge in [0.2, 0.25) is 0 Å². The van der Waals surface area contributed by atoms with Crippen molar-refractivity contribution in [2.75, 3.05) is 33.4 Å². The molecule has 0 saturated heterocycles. The number of pyridine rings is 1. The van der Waals surface area contributed by atoms with Gasteiger partial charge in [-0.25, -0.2) is 4.98 Å². The Morgan fingerprint density at radius 1 is 0.976 bits per heavy atom. The summed E-state index contributed by atoms with van der Waals surface area (Å²) in [5, 5.41) is 19.0. The predicted octanol–water partition coefficient (Wildman–Crippen LogP) is 5.94. The van der Waals surface area contributed by atoms with E-state index in [0.29, 0.717) is 55.1 Å². The highest BCUT2D eigenvalue weighted by molar-refractivity contribution is 6.32. The molecule has 42 heavy (non-hydrogen) atoms. The van der Waals surface area contributed by atoms with Gasteiger partial charge in [-0.3, -0.25) is 4.90 Å². The second kappa shape index (κ2) is 13.6. The van der Waals surface area contributed by atoms with Crippen LogP contribution in [-0.4, -0.2) is 48.4 Å². The number of nitrogens with zero attached hydrogens (tertiary/aromatic N) is 3. The molecule has 3 aromatic carbocycles. The standard InChI is InChI=1S/C33H32ClN3O5/c1-22-25(4-3-5-28(22)24-6-7-30-33(16-24)40-13-12-39-30)21-42-32-17-31(26(15-29(32)34)19-37(2)10-11-38)41-20-23-8-9-36-27(14-23)18-35/h3-9,14-17,38H,10-13,19-21H2,1-2H3/i2-1. The number of aromatic nitrogens is 1. The summed E-state index contributed by atoms with van der Waals surface area (Å²) in [6.07, 6.45) is 1.59. The number of nitriles is 1. The van der Waals surface area contributed by atoms with Gasteiger partial charge in [-0.05, 0) is 72.1 Å². The first-order valence-corrected chi connectivity index (χ1v) is 14.0. The molecule has 1 aromatic heterocycles. The zero-order chi connectivity index (χ0) is 29.5. The van der Waals surface area contributed by atoms with Crippen molar-refractivity contribution in [2.45, 2.75) is 26.7 Å². The molecular formula is C33H32ClN3O5. The van der Waals surface area contributed by atoms with Gasteiger partial charge < -0.3 is 24.1 Å². The summed E-state index contributed by atoms with van der Waals surface area (Å²) in [7, 11) is 1.91. The maximum Gasteiger partial charge on any atom is 0.161 e. The van der Waals surface area contributed by atoms with Crippen molar-refractivity contribution in [1.82, 2.24) is 9.88 Å². The van der Waals surface area contributed by atoms with E-state index in [4.69, 9.17) is 30.5 Å². The van der Waals surface area contributed by atoms with Crippen molar-refractivity contribution in [3.05, 3.63) is 99.8 Å². The van der Waals surface area contributed by atoms with Crippen molar-refractivity contribution in [2.24, 2.45) is 0 Å². The maximum absolute atomic E-state index is 9.37. The van der Waals surface area contributed by atoms with Crippen molar-refractivity contribution in [1.29, 1.82) is 5.26 Å². The van der Waals surface area contributed by atoms with Crippen LogP contribution in [0.3, 0.4) is 0 Å². The molecule has 216 valence electrons. The number of hydrogen-bond acceptors (Lipinski definition) is 8. The molecule has 5 rings (SSSR count). The van der Waals surface area contributed by atoms with Gasteiger partial charge in [-0.15, -0.1) is 0 Å². The van der Waals surface area contributed by atoms with Crippen LogP contribution in [0, 0.1) is 18.3 Å². The lowest BCUT2D eigenvalue weighted by Crippen LogP contribution is -2.22. The van der Waals surface area contributed by atoms with Crippen molar-refractivity contribution >= 4 is 11.6 Å². The van der Waals surface area contributed by atoms with Gasteiger partial charge in [0.15, 0.2) is 11.5 Å². The van der Waals surface area contributed by atoms with Crippen LogP contribution in [0.2, 0.25) is 5.02 Å². The molecule has 0 amide bonds. The van der Waals surface area contributed by atoms with Gasteiger partial charge in [0.25, 0.3) is 0 Å². The van der Waals surface area contributed by atoms with E-state index in [0.717, 1.165) is 44.9 Å². The summed E-state index contributed by atoms with van der Waals surface area (Å²) in [6.45, 7) is 4.78. The van der Waals surface area contributed by atoms with Gasteiger partial charge in [-0.2, -0.15) is 5.26 Å². The van der Waals surface area contributed by atoms with E-state index in [2.05, 4.69) is 24.0 Å². The Morgan fingerprint density at radius 2 is 1.79 bits per heavy atom. The minimum atomic E-state index is 0.0419. The summed E-state index contributed by atoms with van der Waals surface area (Å²) < 4.78 is 23.9. The Morgan fingerprint density at radius 3 is 2.60 bits per heavy atom. The molecule has 0 saturated carbocycles.